The molecule has 1 aromatic heterocycles. The SMILES string of the molecule is CCCNc1ncc(Cl)c(OCc2ccc(Cl)cc2)n1. The smallest absolute Gasteiger partial charge is 0.237 e. The molecule has 106 valence electrons. The molecule has 0 saturated heterocycles. The van der Waals surface area contributed by atoms with E-state index in [-0.39, 0.29) is 0 Å². The molecule has 4 nitrogen and oxygen atoms in total. The van der Waals surface area contributed by atoms with E-state index in [1.54, 1.807) is 0 Å². The number of hydrogen-bond donors (Lipinski definition) is 1. The number of rotatable bonds is 6. The second-order valence-electron chi connectivity index (χ2n) is 4.19. The molecule has 0 aliphatic rings. The number of nitrogens with one attached hydrogen (secondary N) is 1. The number of ether oxygens (including phenoxy) is 1. The summed E-state index contributed by atoms with van der Waals surface area (Å²) in [6, 6.07) is 7.42. The summed E-state index contributed by atoms with van der Waals surface area (Å²) in [5.74, 6) is 0.887. The molecule has 20 heavy (non-hydrogen) atoms. The van der Waals surface area contributed by atoms with Crippen molar-refractivity contribution in [1.82, 2.24) is 9.97 Å². The van der Waals surface area contributed by atoms with Crippen LogP contribution in [0.5, 0.6) is 5.88 Å². The molecular weight excluding hydrogens is 297 g/mol. The van der Waals surface area contributed by atoms with E-state index in [9.17, 15) is 0 Å². The van der Waals surface area contributed by atoms with E-state index >= 15 is 0 Å². The first-order chi connectivity index (χ1) is 9.69. The highest BCUT2D eigenvalue weighted by Crippen LogP contribution is 2.23. The molecule has 0 aliphatic heterocycles. The normalized spacial score (nSPS) is 10.3. The van der Waals surface area contributed by atoms with Crippen LogP contribution in [0.15, 0.2) is 30.5 Å². The Morgan fingerprint density at radius 2 is 1.95 bits per heavy atom. The monoisotopic (exact) mass is 311 g/mol. The minimum atomic E-state index is 0.371. The summed E-state index contributed by atoms with van der Waals surface area (Å²) in [5.41, 5.74) is 0.993. The highest BCUT2D eigenvalue weighted by Gasteiger charge is 2.07. The lowest BCUT2D eigenvalue weighted by atomic mass is 10.2. The first-order valence-electron chi connectivity index (χ1n) is 6.32. The Labute approximate surface area is 128 Å². The van der Waals surface area contributed by atoms with Crippen molar-refractivity contribution in [1.29, 1.82) is 0 Å². The van der Waals surface area contributed by atoms with Gasteiger partial charge in [-0.2, -0.15) is 4.98 Å². The van der Waals surface area contributed by atoms with Crippen LogP contribution in [0.1, 0.15) is 18.9 Å². The second kappa shape index (κ2) is 7.31. The van der Waals surface area contributed by atoms with Gasteiger partial charge in [0.05, 0.1) is 6.20 Å². The molecule has 2 rings (SSSR count). The van der Waals surface area contributed by atoms with Gasteiger partial charge < -0.3 is 10.1 Å². The minimum Gasteiger partial charge on any atom is -0.472 e. The summed E-state index contributed by atoms with van der Waals surface area (Å²) in [6.45, 7) is 3.25. The van der Waals surface area contributed by atoms with E-state index in [1.807, 2.05) is 24.3 Å². The Hall–Kier alpha value is -1.52. The quantitative estimate of drug-likeness (QED) is 0.869. The van der Waals surface area contributed by atoms with Crippen LogP contribution in [-0.4, -0.2) is 16.5 Å². The van der Waals surface area contributed by atoms with Crippen LogP contribution in [0.3, 0.4) is 0 Å². The maximum Gasteiger partial charge on any atom is 0.237 e. The summed E-state index contributed by atoms with van der Waals surface area (Å²) in [5, 5.41) is 4.17. The Bertz CT molecular complexity index is 561. The van der Waals surface area contributed by atoms with E-state index in [4.69, 9.17) is 27.9 Å². The Morgan fingerprint density at radius 1 is 1.20 bits per heavy atom. The zero-order chi connectivity index (χ0) is 14.4. The first-order valence-corrected chi connectivity index (χ1v) is 7.08. The number of halogens is 2. The van der Waals surface area contributed by atoms with Gasteiger partial charge in [-0.1, -0.05) is 42.3 Å². The fourth-order valence-corrected chi connectivity index (χ4v) is 1.78. The van der Waals surface area contributed by atoms with Gasteiger partial charge in [-0.3, -0.25) is 0 Å². The van der Waals surface area contributed by atoms with E-state index in [1.165, 1.54) is 6.20 Å². The topological polar surface area (TPSA) is 47.0 Å². The number of nitrogens with zero attached hydrogens (tertiary/aromatic N) is 2. The van der Waals surface area contributed by atoms with E-state index in [0.29, 0.717) is 28.5 Å². The third kappa shape index (κ3) is 4.25. The largest absolute Gasteiger partial charge is 0.472 e. The highest BCUT2D eigenvalue weighted by atomic mass is 35.5. The van der Waals surface area contributed by atoms with Crippen molar-refractivity contribution in [2.75, 3.05) is 11.9 Å². The third-order valence-electron chi connectivity index (χ3n) is 2.53. The number of hydrogen-bond acceptors (Lipinski definition) is 4. The molecule has 0 atom stereocenters. The zero-order valence-electron chi connectivity index (χ0n) is 11.1. The Morgan fingerprint density at radius 3 is 2.65 bits per heavy atom. The van der Waals surface area contributed by atoms with Crippen LogP contribution in [0.25, 0.3) is 0 Å². The molecule has 0 saturated carbocycles. The molecule has 0 amide bonds. The van der Waals surface area contributed by atoms with Gasteiger partial charge in [-0.15, -0.1) is 0 Å². The van der Waals surface area contributed by atoms with Gasteiger partial charge in [0, 0.05) is 11.6 Å². The fourth-order valence-electron chi connectivity index (χ4n) is 1.51. The van der Waals surface area contributed by atoms with Crippen molar-refractivity contribution in [3.63, 3.8) is 0 Å². The lowest BCUT2D eigenvalue weighted by Gasteiger charge is -2.09. The predicted octanol–water partition coefficient (Wildman–Crippen LogP) is 4.18. The van der Waals surface area contributed by atoms with Crippen molar-refractivity contribution in [2.24, 2.45) is 0 Å². The predicted molar refractivity (Wildman–Crippen MR) is 81.6 cm³/mol. The molecule has 0 unspecified atom stereocenters. The van der Waals surface area contributed by atoms with Gasteiger partial charge in [-0.05, 0) is 24.1 Å². The summed E-state index contributed by atoms with van der Waals surface area (Å²) >= 11 is 11.9. The summed E-state index contributed by atoms with van der Waals surface area (Å²) < 4.78 is 5.62. The summed E-state index contributed by atoms with van der Waals surface area (Å²) in [7, 11) is 0. The summed E-state index contributed by atoms with van der Waals surface area (Å²) in [6.07, 6.45) is 2.52. The van der Waals surface area contributed by atoms with Gasteiger partial charge in [0.15, 0.2) is 0 Å². The van der Waals surface area contributed by atoms with E-state index in [2.05, 4.69) is 22.2 Å². The van der Waals surface area contributed by atoms with Crippen molar-refractivity contribution in [3.8, 4) is 5.88 Å². The van der Waals surface area contributed by atoms with Crippen LogP contribution in [0.2, 0.25) is 10.0 Å². The number of anilines is 1. The molecule has 2 aromatic rings. The van der Waals surface area contributed by atoms with Gasteiger partial charge in [0.1, 0.15) is 11.6 Å². The highest BCUT2D eigenvalue weighted by molar-refractivity contribution is 6.31. The van der Waals surface area contributed by atoms with Crippen molar-refractivity contribution < 1.29 is 4.74 Å². The molecule has 0 aliphatic carbocycles. The fraction of sp³-hybridized carbons (Fsp3) is 0.286. The van der Waals surface area contributed by atoms with E-state index < -0.39 is 0 Å². The van der Waals surface area contributed by atoms with Crippen molar-refractivity contribution in [3.05, 3.63) is 46.1 Å². The van der Waals surface area contributed by atoms with Gasteiger partial charge in [0.2, 0.25) is 11.8 Å². The van der Waals surface area contributed by atoms with Crippen LogP contribution >= 0.6 is 23.2 Å². The zero-order valence-corrected chi connectivity index (χ0v) is 12.6. The lowest BCUT2D eigenvalue weighted by molar-refractivity contribution is 0.294. The molecule has 1 N–H and O–H groups in total. The Balaban J connectivity index is 2.02. The molecule has 0 fully saturated rings. The molecule has 0 spiro atoms. The minimum absolute atomic E-state index is 0.371. The summed E-state index contributed by atoms with van der Waals surface area (Å²) in [4.78, 5) is 8.33. The van der Waals surface area contributed by atoms with Gasteiger partial charge in [-0.25, -0.2) is 4.98 Å². The van der Waals surface area contributed by atoms with Crippen LogP contribution in [-0.2, 0) is 6.61 Å². The molecule has 6 heteroatoms. The first kappa shape index (κ1) is 14.9. The van der Waals surface area contributed by atoms with Crippen molar-refractivity contribution >= 4 is 29.2 Å². The van der Waals surface area contributed by atoms with Crippen LogP contribution in [0, 0.1) is 0 Å². The van der Waals surface area contributed by atoms with Gasteiger partial charge >= 0.3 is 0 Å². The average Bonchev–Trinajstić information content (AvgIpc) is 2.46. The molecule has 1 heterocycles. The standard InChI is InChI=1S/C14H15Cl2N3O/c1-2-7-17-14-18-8-12(16)13(19-14)20-9-10-3-5-11(15)6-4-10/h3-6,8H,2,7,9H2,1H3,(H,17,18,19). The maximum atomic E-state index is 6.02. The molecule has 0 radical (unpaired) electrons. The third-order valence-corrected chi connectivity index (χ3v) is 3.05. The number of aromatic nitrogens is 2. The lowest BCUT2D eigenvalue weighted by Crippen LogP contribution is -2.06. The number of benzene rings is 1. The Kier molecular flexibility index (Phi) is 5.44. The average molecular weight is 312 g/mol. The maximum absolute atomic E-state index is 6.02. The molecule has 0 bridgehead atoms. The van der Waals surface area contributed by atoms with E-state index in [0.717, 1.165) is 18.5 Å². The van der Waals surface area contributed by atoms with Gasteiger partial charge in [0.25, 0.3) is 0 Å². The van der Waals surface area contributed by atoms with Crippen LogP contribution < -0.4 is 10.1 Å². The molecule has 1 aromatic carbocycles. The molecular formula is C14H15Cl2N3O. The van der Waals surface area contributed by atoms with Crippen LogP contribution in [0.4, 0.5) is 5.95 Å². The second-order valence-corrected chi connectivity index (χ2v) is 5.03. The van der Waals surface area contributed by atoms with Crippen molar-refractivity contribution in [2.45, 2.75) is 20.0 Å².